The van der Waals surface area contributed by atoms with Gasteiger partial charge in [-0.25, -0.2) is 0 Å². The Hall–Kier alpha value is 0.700. The molecule has 0 aromatic carbocycles. The van der Waals surface area contributed by atoms with Crippen molar-refractivity contribution in [3.63, 3.8) is 0 Å². The molecule has 0 aliphatic rings. The minimum absolute atomic E-state index is 0.380. The van der Waals surface area contributed by atoms with Gasteiger partial charge in [-0.05, 0) is 39.9 Å². The largest absolute Gasteiger partial charge is 0.0941 e. The van der Waals surface area contributed by atoms with Crippen molar-refractivity contribution in [1.29, 1.82) is 0 Å². The van der Waals surface area contributed by atoms with Crippen LogP contribution in [0.1, 0.15) is 89.5 Å². The van der Waals surface area contributed by atoms with Crippen LogP contribution in [0.25, 0.3) is 0 Å². The first kappa shape index (κ1) is 23.7. The zero-order chi connectivity index (χ0) is 18.7. The molecule has 0 atom stereocenters. The molecule has 0 heterocycles. The van der Waals surface area contributed by atoms with Gasteiger partial charge in [0.15, 0.2) is 0 Å². The lowest BCUT2D eigenvalue weighted by Gasteiger charge is -2.41. The van der Waals surface area contributed by atoms with Crippen LogP contribution in [0.15, 0.2) is 0 Å². The van der Waals surface area contributed by atoms with Crippen molar-refractivity contribution in [3.8, 4) is 0 Å². The third kappa shape index (κ3) is 9.10. The minimum Gasteiger partial charge on any atom is -0.0941 e. The highest BCUT2D eigenvalue weighted by molar-refractivity contribution is 8.76. The minimum atomic E-state index is 0.380. The Bertz CT molecular complexity index is 269. The standard InChI is InChI=1S/C21H44S2/c1-18(2,3)16(19(4,5)6)13-14-22-23-15-17(20(7,8)9)21(10,11)12/h16-17H,13-15H2,1-12H3. The van der Waals surface area contributed by atoms with Gasteiger partial charge in [0, 0.05) is 11.5 Å². The Labute approximate surface area is 156 Å². The second-order valence-corrected chi connectivity index (χ2v) is 14.1. The van der Waals surface area contributed by atoms with Crippen LogP contribution in [0, 0.1) is 33.5 Å². The lowest BCUT2D eigenvalue weighted by Crippen LogP contribution is -2.34. The Kier molecular flexibility index (Phi) is 8.64. The molecule has 0 aliphatic heterocycles. The molecular weight excluding hydrogens is 316 g/mol. The van der Waals surface area contributed by atoms with E-state index in [0.29, 0.717) is 21.7 Å². The van der Waals surface area contributed by atoms with E-state index in [2.05, 4.69) is 105 Å². The normalized spacial score (nSPS) is 14.9. The summed E-state index contributed by atoms with van der Waals surface area (Å²) in [5.41, 5.74) is 1.54. The molecule has 2 heteroatoms. The van der Waals surface area contributed by atoms with E-state index >= 15 is 0 Å². The lowest BCUT2D eigenvalue weighted by atomic mass is 9.65. The van der Waals surface area contributed by atoms with E-state index < -0.39 is 0 Å². The summed E-state index contributed by atoms with van der Waals surface area (Å²) in [6, 6.07) is 0. The van der Waals surface area contributed by atoms with Crippen molar-refractivity contribution in [2.24, 2.45) is 33.5 Å². The fourth-order valence-corrected chi connectivity index (χ4v) is 7.33. The first-order chi connectivity index (χ1) is 9.97. The lowest BCUT2D eigenvalue weighted by molar-refractivity contribution is 0.0992. The van der Waals surface area contributed by atoms with E-state index in [1.807, 2.05) is 0 Å². The summed E-state index contributed by atoms with van der Waals surface area (Å²) in [5.74, 6) is 4.04. The Morgan fingerprint density at radius 2 is 0.870 bits per heavy atom. The summed E-state index contributed by atoms with van der Waals surface area (Å²) in [4.78, 5) is 0. The van der Waals surface area contributed by atoms with Gasteiger partial charge in [-0.15, -0.1) is 0 Å². The Morgan fingerprint density at radius 1 is 0.522 bits per heavy atom. The number of hydrogen-bond acceptors (Lipinski definition) is 2. The molecule has 0 bridgehead atoms. The van der Waals surface area contributed by atoms with Crippen LogP contribution in [0.4, 0.5) is 0 Å². The second kappa shape index (κ2) is 8.39. The predicted octanol–water partition coefficient (Wildman–Crippen LogP) is 8.17. The van der Waals surface area contributed by atoms with Crippen LogP contribution in [-0.2, 0) is 0 Å². The van der Waals surface area contributed by atoms with E-state index in [1.165, 1.54) is 17.9 Å². The molecular formula is C21H44S2. The van der Waals surface area contributed by atoms with E-state index in [0.717, 1.165) is 11.8 Å². The smallest absolute Gasteiger partial charge is 0.00753 e. The highest BCUT2D eigenvalue weighted by atomic mass is 33.1. The molecule has 23 heavy (non-hydrogen) atoms. The van der Waals surface area contributed by atoms with Gasteiger partial charge in [0.25, 0.3) is 0 Å². The molecule has 0 saturated heterocycles. The van der Waals surface area contributed by atoms with E-state index in [-0.39, 0.29) is 0 Å². The molecule has 0 aromatic heterocycles. The molecule has 0 N–H and O–H groups in total. The van der Waals surface area contributed by atoms with Crippen LogP contribution in [0.2, 0.25) is 0 Å². The quantitative estimate of drug-likeness (QED) is 0.346. The Morgan fingerprint density at radius 3 is 1.17 bits per heavy atom. The molecule has 0 nitrogen and oxygen atoms in total. The van der Waals surface area contributed by atoms with Crippen LogP contribution in [0.5, 0.6) is 0 Å². The highest BCUT2D eigenvalue weighted by Crippen LogP contribution is 2.46. The van der Waals surface area contributed by atoms with Crippen molar-refractivity contribution >= 4 is 21.6 Å². The fourth-order valence-electron chi connectivity index (χ4n) is 4.31. The summed E-state index contributed by atoms with van der Waals surface area (Å²) in [7, 11) is 4.19. The van der Waals surface area contributed by atoms with Gasteiger partial charge in [0.1, 0.15) is 0 Å². The molecule has 0 fully saturated rings. The van der Waals surface area contributed by atoms with Crippen molar-refractivity contribution in [2.75, 3.05) is 11.5 Å². The van der Waals surface area contributed by atoms with Gasteiger partial charge in [-0.1, -0.05) is 105 Å². The maximum atomic E-state index is 2.40. The van der Waals surface area contributed by atoms with Gasteiger partial charge in [0.05, 0.1) is 0 Å². The molecule has 0 aromatic rings. The zero-order valence-corrected chi connectivity index (χ0v) is 19.7. The van der Waals surface area contributed by atoms with Gasteiger partial charge in [-0.2, -0.15) is 0 Å². The molecule has 0 rings (SSSR count). The first-order valence-corrected chi connectivity index (χ1v) is 11.7. The molecule has 0 amide bonds. The summed E-state index contributed by atoms with van der Waals surface area (Å²) in [5, 5.41) is 0. The Balaban J connectivity index is 4.46. The molecule has 0 saturated carbocycles. The monoisotopic (exact) mass is 360 g/mol. The third-order valence-electron chi connectivity index (χ3n) is 4.99. The highest BCUT2D eigenvalue weighted by Gasteiger charge is 2.35. The fraction of sp³-hybridized carbons (Fsp3) is 1.00. The van der Waals surface area contributed by atoms with Crippen LogP contribution < -0.4 is 0 Å². The third-order valence-corrected chi connectivity index (χ3v) is 7.44. The number of hydrogen-bond donors (Lipinski definition) is 0. The van der Waals surface area contributed by atoms with Crippen LogP contribution >= 0.6 is 21.6 Å². The maximum absolute atomic E-state index is 2.40. The average Bonchev–Trinajstić information content (AvgIpc) is 2.19. The van der Waals surface area contributed by atoms with Crippen LogP contribution in [0.3, 0.4) is 0 Å². The summed E-state index contributed by atoms with van der Waals surface area (Å²) < 4.78 is 0. The van der Waals surface area contributed by atoms with Gasteiger partial charge in [-0.3, -0.25) is 0 Å². The van der Waals surface area contributed by atoms with E-state index in [4.69, 9.17) is 0 Å². The van der Waals surface area contributed by atoms with Crippen molar-refractivity contribution in [1.82, 2.24) is 0 Å². The van der Waals surface area contributed by atoms with Gasteiger partial charge < -0.3 is 0 Å². The molecule has 140 valence electrons. The molecule has 0 unspecified atom stereocenters. The SMILES string of the molecule is CC(C)(C)C(CCSSCC(C(C)(C)C)C(C)(C)C)C(C)(C)C. The van der Waals surface area contributed by atoms with Gasteiger partial charge >= 0.3 is 0 Å². The van der Waals surface area contributed by atoms with E-state index in [1.54, 1.807) is 0 Å². The average molecular weight is 361 g/mol. The predicted molar refractivity (Wildman–Crippen MR) is 114 cm³/mol. The number of rotatable bonds is 6. The maximum Gasteiger partial charge on any atom is 0.00753 e. The van der Waals surface area contributed by atoms with Crippen molar-refractivity contribution in [3.05, 3.63) is 0 Å². The van der Waals surface area contributed by atoms with Crippen LogP contribution in [-0.4, -0.2) is 11.5 Å². The van der Waals surface area contributed by atoms with Gasteiger partial charge in [0.2, 0.25) is 0 Å². The molecule has 0 aliphatic carbocycles. The van der Waals surface area contributed by atoms with E-state index in [9.17, 15) is 0 Å². The van der Waals surface area contributed by atoms with Crippen molar-refractivity contribution in [2.45, 2.75) is 89.5 Å². The molecule has 0 spiro atoms. The van der Waals surface area contributed by atoms with Crippen molar-refractivity contribution < 1.29 is 0 Å². The second-order valence-electron chi connectivity index (χ2n) is 11.5. The summed E-state index contributed by atoms with van der Waals surface area (Å²) in [6.07, 6.45) is 1.32. The molecule has 0 radical (unpaired) electrons. The first-order valence-electron chi connectivity index (χ1n) is 9.22. The zero-order valence-electron chi connectivity index (χ0n) is 18.1. The summed E-state index contributed by atoms with van der Waals surface area (Å²) in [6.45, 7) is 28.7. The topological polar surface area (TPSA) is 0 Å². The summed E-state index contributed by atoms with van der Waals surface area (Å²) >= 11 is 0.